The molecule has 2 aliphatic heterocycles. The molecule has 2 amide bonds. The molecular weight excluding hydrogens is 477 g/mol. The molecule has 0 spiro atoms. The van der Waals surface area contributed by atoms with Crippen molar-refractivity contribution in [1.82, 2.24) is 24.6 Å². The van der Waals surface area contributed by atoms with E-state index in [2.05, 4.69) is 10.1 Å². The van der Waals surface area contributed by atoms with E-state index < -0.39 is 23.4 Å². The molecule has 0 radical (unpaired) electrons. The minimum absolute atomic E-state index is 0.0132. The number of nitrogens with two attached hydrogens (primary N) is 1. The van der Waals surface area contributed by atoms with Gasteiger partial charge >= 0.3 is 0 Å². The summed E-state index contributed by atoms with van der Waals surface area (Å²) in [5.41, 5.74) is 5.84. The highest BCUT2D eigenvalue weighted by Crippen LogP contribution is 2.35. The second kappa shape index (κ2) is 9.08. The first kappa shape index (κ1) is 24.0. The fourth-order valence-corrected chi connectivity index (χ4v) is 4.97. The van der Waals surface area contributed by atoms with Crippen LogP contribution in [0.5, 0.6) is 0 Å². The summed E-state index contributed by atoms with van der Waals surface area (Å²) in [5.74, 6) is -3.56. The summed E-state index contributed by atoms with van der Waals surface area (Å²) < 4.78 is 49.9. The fourth-order valence-electron chi connectivity index (χ4n) is 4.97. The molecule has 5 rings (SSSR count). The van der Waals surface area contributed by atoms with Gasteiger partial charge in [-0.25, -0.2) is 18.2 Å². The number of hydrogen-bond donors (Lipinski definition) is 1. The van der Waals surface area contributed by atoms with Crippen LogP contribution in [-0.4, -0.2) is 74.8 Å². The van der Waals surface area contributed by atoms with E-state index in [1.54, 1.807) is 4.90 Å². The summed E-state index contributed by atoms with van der Waals surface area (Å²) in [7, 11) is 0. The summed E-state index contributed by atoms with van der Waals surface area (Å²) in [4.78, 5) is 32.6. The Kier molecular flexibility index (Phi) is 6.07. The van der Waals surface area contributed by atoms with E-state index in [0.29, 0.717) is 18.9 Å². The Morgan fingerprint density at radius 1 is 1.08 bits per heavy atom. The van der Waals surface area contributed by atoms with Crippen LogP contribution in [0, 0.1) is 17.5 Å². The molecule has 3 aromatic rings. The number of hydrogen-bond acceptors (Lipinski definition) is 6. The highest BCUT2D eigenvalue weighted by molar-refractivity contribution is 5.96. The molecule has 12 heteroatoms. The SMILES string of the molecule is C[C@H]1COC[C@H](C)N1C(=O)Cn1nc(C2CN(C(=O)c3cc(N)ncc3F)C2)c2c(F)cc(F)cc21. The molecule has 1 aromatic carbocycles. The van der Waals surface area contributed by atoms with Crippen LogP contribution in [0.15, 0.2) is 24.4 Å². The average Bonchev–Trinajstić information content (AvgIpc) is 3.12. The Hall–Kier alpha value is -3.67. The number of nitrogen functional groups attached to an aromatic ring is 1. The van der Waals surface area contributed by atoms with Crippen LogP contribution >= 0.6 is 0 Å². The topological polar surface area (TPSA) is 107 Å². The number of likely N-dealkylation sites (tertiary alicyclic amines) is 1. The first-order valence-corrected chi connectivity index (χ1v) is 11.6. The quantitative estimate of drug-likeness (QED) is 0.587. The first-order valence-electron chi connectivity index (χ1n) is 11.6. The smallest absolute Gasteiger partial charge is 0.257 e. The van der Waals surface area contributed by atoms with Crippen LogP contribution in [0.3, 0.4) is 0 Å². The van der Waals surface area contributed by atoms with Crippen molar-refractivity contribution in [2.75, 3.05) is 32.0 Å². The molecule has 0 saturated carbocycles. The number of anilines is 1. The van der Waals surface area contributed by atoms with Crippen molar-refractivity contribution in [3.8, 4) is 0 Å². The lowest BCUT2D eigenvalue weighted by Crippen LogP contribution is -2.53. The highest BCUT2D eigenvalue weighted by Gasteiger charge is 2.38. The van der Waals surface area contributed by atoms with Crippen molar-refractivity contribution >= 4 is 28.5 Å². The van der Waals surface area contributed by atoms with E-state index in [4.69, 9.17) is 10.5 Å². The number of fused-ring (bicyclic) bond motifs is 1. The van der Waals surface area contributed by atoms with Crippen molar-refractivity contribution in [3.05, 3.63) is 53.1 Å². The molecule has 2 aliphatic rings. The zero-order chi connectivity index (χ0) is 25.7. The van der Waals surface area contributed by atoms with Gasteiger partial charge in [0.05, 0.1) is 53.7 Å². The third-order valence-electron chi connectivity index (χ3n) is 6.70. The van der Waals surface area contributed by atoms with Crippen LogP contribution in [0.1, 0.15) is 35.8 Å². The van der Waals surface area contributed by atoms with Crippen molar-refractivity contribution in [2.24, 2.45) is 0 Å². The Balaban J connectivity index is 1.41. The van der Waals surface area contributed by atoms with Crippen LogP contribution < -0.4 is 5.73 Å². The molecule has 9 nitrogen and oxygen atoms in total. The zero-order valence-electron chi connectivity index (χ0n) is 19.7. The summed E-state index contributed by atoms with van der Waals surface area (Å²) in [6, 6.07) is 2.78. The van der Waals surface area contributed by atoms with Gasteiger partial charge in [0.1, 0.15) is 24.0 Å². The van der Waals surface area contributed by atoms with E-state index >= 15 is 0 Å². The van der Waals surface area contributed by atoms with E-state index in [-0.39, 0.29) is 65.8 Å². The lowest BCUT2D eigenvalue weighted by atomic mass is 9.93. The number of rotatable bonds is 4. The number of carbonyl (C=O) groups excluding carboxylic acids is 2. The minimum Gasteiger partial charge on any atom is -0.384 e. The van der Waals surface area contributed by atoms with Gasteiger partial charge in [0.25, 0.3) is 5.91 Å². The number of halogens is 3. The van der Waals surface area contributed by atoms with Crippen molar-refractivity contribution < 1.29 is 27.5 Å². The number of amides is 2. The van der Waals surface area contributed by atoms with Gasteiger partial charge in [-0.3, -0.25) is 14.3 Å². The molecule has 36 heavy (non-hydrogen) atoms. The third kappa shape index (κ3) is 4.15. The van der Waals surface area contributed by atoms with Gasteiger partial charge < -0.3 is 20.3 Å². The van der Waals surface area contributed by atoms with E-state index in [0.717, 1.165) is 24.4 Å². The van der Waals surface area contributed by atoms with Gasteiger partial charge in [0.2, 0.25) is 5.91 Å². The second-order valence-corrected chi connectivity index (χ2v) is 9.36. The Labute approximate surface area is 204 Å². The van der Waals surface area contributed by atoms with Gasteiger partial charge in [-0.15, -0.1) is 0 Å². The number of ether oxygens (including phenoxy) is 1. The van der Waals surface area contributed by atoms with Gasteiger partial charge in [-0.2, -0.15) is 5.10 Å². The molecule has 2 N–H and O–H groups in total. The van der Waals surface area contributed by atoms with Crippen LogP contribution in [-0.2, 0) is 16.1 Å². The largest absolute Gasteiger partial charge is 0.384 e. The number of morpholine rings is 1. The molecule has 4 heterocycles. The average molecular weight is 502 g/mol. The molecule has 0 bridgehead atoms. The summed E-state index contributed by atoms with van der Waals surface area (Å²) in [6.07, 6.45) is 0.881. The predicted molar refractivity (Wildman–Crippen MR) is 123 cm³/mol. The Morgan fingerprint density at radius 2 is 1.78 bits per heavy atom. The summed E-state index contributed by atoms with van der Waals surface area (Å²) in [6.45, 7) is 4.65. The van der Waals surface area contributed by atoms with Crippen molar-refractivity contribution in [2.45, 2.75) is 38.4 Å². The van der Waals surface area contributed by atoms with Gasteiger partial charge in [-0.05, 0) is 19.9 Å². The number of carbonyl (C=O) groups is 2. The summed E-state index contributed by atoms with van der Waals surface area (Å²) >= 11 is 0. The number of nitrogens with zero attached hydrogens (tertiary/aromatic N) is 5. The maximum atomic E-state index is 14.9. The molecule has 0 aliphatic carbocycles. The number of aromatic nitrogens is 3. The number of benzene rings is 1. The van der Waals surface area contributed by atoms with Crippen LogP contribution in [0.4, 0.5) is 19.0 Å². The predicted octanol–water partition coefficient (Wildman–Crippen LogP) is 2.31. The minimum atomic E-state index is -0.801. The third-order valence-corrected chi connectivity index (χ3v) is 6.70. The second-order valence-electron chi connectivity index (χ2n) is 9.36. The maximum absolute atomic E-state index is 14.9. The fraction of sp³-hybridized carbons (Fsp3) is 0.417. The Morgan fingerprint density at radius 3 is 2.47 bits per heavy atom. The monoisotopic (exact) mass is 502 g/mol. The van der Waals surface area contributed by atoms with Gasteiger partial charge in [0.15, 0.2) is 5.82 Å². The zero-order valence-corrected chi connectivity index (χ0v) is 19.7. The molecule has 190 valence electrons. The first-order chi connectivity index (χ1) is 17.1. The maximum Gasteiger partial charge on any atom is 0.257 e. The van der Waals surface area contributed by atoms with Gasteiger partial charge in [-0.1, -0.05) is 0 Å². The van der Waals surface area contributed by atoms with Crippen molar-refractivity contribution in [3.63, 3.8) is 0 Å². The van der Waals surface area contributed by atoms with Crippen LogP contribution in [0.2, 0.25) is 0 Å². The molecule has 2 fully saturated rings. The Bertz CT molecular complexity index is 1350. The van der Waals surface area contributed by atoms with Crippen molar-refractivity contribution in [1.29, 1.82) is 0 Å². The van der Waals surface area contributed by atoms with Crippen LogP contribution in [0.25, 0.3) is 10.9 Å². The molecular formula is C24H25F3N6O3. The van der Waals surface area contributed by atoms with E-state index in [1.807, 2.05) is 13.8 Å². The number of pyridine rings is 1. The molecule has 2 atom stereocenters. The van der Waals surface area contributed by atoms with E-state index in [9.17, 15) is 22.8 Å². The highest BCUT2D eigenvalue weighted by atomic mass is 19.1. The molecule has 2 saturated heterocycles. The normalized spacial score (nSPS) is 20.6. The molecule has 2 aromatic heterocycles. The summed E-state index contributed by atoms with van der Waals surface area (Å²) in [5, 5.41) is 4.59. The van der Waals surface area contributed by atoms with Gasteiger partial charge in [0, 0.05) is 31.1 Å². The lowest BCUT2D eigenvalue weighted by Gasteiger charge is -2.39. The lowest BCUT2D eigenvalue weighted by molar-refractivity contribution is -0.144. The van der Waals surface area contributed by atoms with E-state index in [1.165, 1.54) is 9.58 Å². The molecule has 0 unspecified atom stereocenters. The standard InChI is InChI=1S/C24H25F3N6O3/c1-12-10-36-11-13(2)33(12)21(34)9-32-19-4-15(25)3-17(26)22(19)23(30-32)14-7-31(8-14)24(35)16-5-20(28)29-6-18(16)27/h3-6,12-14H,7-11H2,1-2H3,(H2,28,29)/t12-,13-/m0/s1.